The van der Waals surface area contributed by atoms with Gasteiger partial charge in [0.1, 0.15) is 0 Å². The number of carbonyl (C=O) groups excluding carboxylic acids is 1. The highest BCUT2D eigenvalue weighted by molar-refractivity contribution is 6.01. The lowest BCUT2D eigenvalue weighted by Gasteiger charge is -2.08. The van der Waals surface area contributed by atoms with Crippen LogP contribution < -0.4 is 0 Å². The third-order valence-corrected chi connectivity index (χ3v) is 3.04. The Labute approximate surface area is 110 Å². The predicted octanol–water partition coefficient (Wildman–Crippen LogP) is 2.54. The van der Waals surface area contributed by atoms with Gasteiger partial charge in [0.25, 0.3) is 0 Å². The van der Waals surface area contributed by atoms with Crippen LogP contribution in [0.4, 0.5) is 0 Å². The van der Waals surface area contributed by atoms with Crippen molar-refractivity contribution in [2.75, 3.05) is 0 Å². The molecule has 0 atom stereocenters. The van der Waals surface area contributed by atoms with Crippen molar-refractivity contribution in [1.82, 2.24) is 0 Å². The van der Waals surface area contributed by atoms with E-state index in [-0.39, 0.29) is 17.8 Å². The Balaban J connectivity index is 2.31. The van der Waals surface area contributed by atoms with Gasteiger partial charge in [-0.2, -0.15) is 0 Å². The van der Waals surface area contributed by atoms with E-state index in [1.54, 1.807) is 0 Å². The fourth-order valence-electron chi connectivity index (χ4n) is 1.87. The Hall–Kier alpha value is -2.49. The number of Topliss-reactive ketones (excluding diaryl/α,β-unsaturated/α-hetero) is 1. The van der Waals surface area contributed by atoms with Gasteiger partial charge >= 0.3 is 0 Å². The van der Waals surface area contributed by atoms with Gasteiger partial charge in [-0.3, -0.25) is 4.79 Å². The molecule has 0 radical (unpaired) electrons. The molecule has 4 heteroatoms. The molecule has 0 saturated carbocycles. The summed E-state index contributed by atoms with van der Waals surface area (Å²) in [5.74, 6) is -2.03. The SMILES string of the molecule is Cc1ccccc1CC(=O)c1ccc(O)c(O)c1O. The van der Waals surface area contributed by atoms with Crippen LogP contribution >= 0.6 is 0 Å². The first-order valence-corrected chi connectivity index (χ1v) is 5.82. The van der Waals surface area contributed by atoms with Gasteiger partial charge in [-0.05, 0) is 30.2 Å². The maximum atomic E-state index is 12.1. The second-order valence-electron chi connectivity index (χ2n) is 4.36. The minimum Gasteiger partial charge on any atom is -0.504 e. The Morgan fingerprint density at radius 1 is 1.00 bits per heavy atom. The first-order valence-electron chi connectivity index (χ1n) is 5.82. The Bertz CT molecular complexity index is 632. The third kappa shape index (κ3) is 2.52. The van der Waals surface area contributed by atoms with Crippen LogP contribution in [0.2, 0.25) is 0 Å². The van der Waals surface area contributed by atoms with Gasteiger partial charge in [-0.1, -0.05) is 24.3 Å². The van der Waals surface area contributed by atoms with Gasteiger partial charge in [0, 0.05) is 6.42 Å². The lowest BCUT2D eigenvalue weighted by molar-refractivity contribution is 0.0989. The van der Waals surface area contributed by atoms with Crippen molar-refractivity contribution in [1.29, 1.82) is 0 Å². The second-order valence-corrected chi connectivity index (χ2v) is 4.36. The molecule has 19 heavy (non-hydrogen) atoms. The van der Waals surface area contributed by atoms with E-state index in [0.717, 1.165) is 11.1 Å². The standard InChI is InChI=1S/C15H14O4/c1-9-4-2-3-5-10(9)8-13(17)11-6-7-12(16)15(19)14(11)18/h2-7,16,18-19H,8H2,1H3. The Kier molecular flexibility index (Phi) is 3.42. The lowest BCUT2D eigenvalue weighted by Crippen LogP contribution is -2.05. The van der Waals surface area contributed by atoms with Gasteiger partial charge in [0.15, 0.2) is 17.3 Å². The quantitative estimate of drug-likeness (QED) is 0.584. The van der Waals surface area contributed by atoms with Crippen molar-refractivity contribution in [3.8, 4) is 17.2 Å². The molecule has 4 nitrogen and oxygen atoms in total. The van der Waals surface area contributed by atoms with Crippen LogP contribution in [0.1, 0.15) is 21.5 Å². The number of ketones is 1. The Morgan fingerprint density at radius 2 is 1.68 bits per heavy atom. The van der Waals surface area contributed by atoms with Gasteiger partial charge in [0.2, 0.25) is 5.75 Å². The summed E-state index contributed by atoms with van der Waals surface area (Å²) in [5, 5.41) is 28.3. The molecule has 0 aliphatic carbocycles. The van der Waals surface area contributed by atoms with E-state index in [4.69, 9.17) is 0 Å². The summed E-state index contributed by atoms with van der Waals surface area (Å²) in [6.45, 7) is 1.90. The lowest BCUT2D eigenvalue weighted by atomic mass is 9.98. The number of phenolic OH excluding ortho intramolecular Hbond substituents is 3. The van der Waals surface area contributed by atoms with Crippen molar-refractivity contribution in [3.63, 3.8) is 0 Å². The maximum absolute atomic E-state index is 12.1. The zero-order valence-corrected chi connectivity index (χ0v) is 10.4. The molecule has 0 amide bonds. The molecule has 2 aromatic rings. The minimum atomic E-state index is -0.671. The number of rotatable bonds is 3. The molecular formula is C15H14O4. The molecule has 2 rings (SSSR count). The first-order chi connectivity index (χ1) is 9.00. The third-order valence-electron chi connectivity index (χ3n) is 3.04. The van der Waals surface area contributed by atoms with Crippen molar-refractivity contribution >= 4 is 5.78 Å². The van der Waals surface area contributed by atoms with Gasteiger partial charge < -0.3 is 15.3 Å². The molecule has 0 aliphatic rings. The molecule has 0 spiro atoms. The Morgan fingerprint density at radius 3 is 2.37 bits per heavy atom. The average Bonchev–Trinajstić information content (AvgIpc) is 2.39. The number of benzene rings is 2. The zero-order valence-electron chi connectivity index (χ0n) is 10.4. The van der Waals surface area contributed by atoms with Crippen LogP contribution in [0.5, 0.6) is 17.2 Å². The van der Waals surface area contributed by atoms with E-state index in [9.17, 15) is 20.1 Å². The van der Waals surface area contributed by atoms with E-state index in [2.05, 4.69) is 0 Å². The summed E-state index contributed by atoms with van der Waals surface area (Å²) >= 11 is 0. The molecule has 0 fully saturated rings. The number of phenols is 3. The molecule has 0 unspecified atom stereocenters. The van der Waals surface area contributed by atoms with E-state index in [1.165, 1.54) is 12.1 Å². The van der Waals surface area contributed by atoms with Crippen LogP contribution in [0, 0.1) is 6.92 Å². The smallest absolute Gasteiger partial charge is 0.201 e. The molecule has 0 aliphatic heterocycles. The normalized spacial score (nSPS) is 10.4. The van der Waals surface area contributed by atoms with E-state index in [0.29, 0.717) is 0 Å². The monoisotopic (exact) mass is 258 g/mol. The van der Waals surface area contributed by atoms with Gasteiger partial charge in [-0.15, -0.1) is 0 Å². The molecule has 0 bridgehead atoms. The number of aromatic hydroxyl groups is 3. The highest BCUT2D eigenvalue weighted by Crippen LogP contribution is 2.37. The van der Waals surface area contributed by atoms with Crippen molar-refractivity contribution < 1.29 is 20.1 Å². The minimum absolute atomic E-state index is 0.00134. The summed E-state index contributed by atoms with van der Waals surface area (Å²) < 4.78 is 0. The molecular weight excluding hydrogens is 244 g/mol. The van der Waals surface area contributed by atoms with Gasteiger partial charge in [0.05, 0.1) is 5.56 Å². The predicted molar refractivity (Wildman–Crippen MR) is 70.6 cm³/mol. The molecule has 98 valence electrons. The average molecular weight is 258 g/mol. The fourth-order valence-corrected chi connectivity index (χ4v) is 1.87. The molecule has 3 N–H and O–H groups in total. The summed E-state index contributed by atoms with van der Waals surface area (Å²) in [6, 6.07) is 9.93. The van der Waals surface area contributed by atoms with Crippen LogP contribution in [-0.4, -0.2) is 21.1 Å². The molecule has 0 heterocycles. The zero-order chi connectivity index (χ0) is 14.0. The second kappa shape index (κ2) is 5.02. The summed E-state index contributed by atoms with van der Waals surface area (Å²) in [5.41, 5.74) is 1.84. The maximum Gasteiger partial charge on any atom is 0.201 e. The topological polar surface area (TPSA) is 77.8 Å². The highest BCUT2D eigenvalue weighted by atomic mass is 16.3. The van der Waals surface area contributed by atoms with E-state index < -0.39 is 17.2 Å². The van der Waals surface area contributed by atoms with Gasteiger partial charge in [-0.25, -0.2) is 0 Å². The summed E-state index contributed by atoms with van der Waals surface area (Å²) in [7, 11) is 0. The number of aryl methyl sites for hydroxylation is 1. The highest BCUT2D eigenvalue weighted by Gasteiger charge is 2.17. The molecule has 2 aromatic carbocycles. The van der Waals surface area contributed by atoms with Crippen LogP contribution in [-0.2, 0) is 6.42 Å². The van der Waals surface area contributed by atoms with E-state index >= 15 is 0 Å². The fraction of sp³-hybridized carbons (Fsp3) is 0.133. The molecule has 0 aromatic heterocycles. The number of hydrogen-bond donors (Lipinski definition) is 3. The van der Waals surface area contributed by atoms with Crippen LogP contribution in [0.3, 0.4) is 0 Å². The van der Waals surface area contributed by atoms with Crippen molar-refractivity contribution in [2.24, 2.45) is 0 Å². The van der Waals surface area contributed by atoms with Crippen molar-refractivity contribution in [2.45, 2.75) is 13.3 Å². The summed E-state index contributed by atoms with van der Waals surface area (Å²) in [6.07, 6.45) is 0.129. The van der Waals surface area contributed by atoms with Crippen LogP contribution in [0.15, 0.2) is 36.4 Å². The van der Waals surface area contributed by atoms with Crippen LogP contribution in [0.25, 0.3) is 0 Å². The number of carbonyl (C=O) groups is 1. The first kappa shape index (κ1) is 13.0. The van der Waals surface area contributed by atoms with E-state index in [1.807, 2.05) is 31.2 Å². The summed E-state index contributed by atoms with van der Waals surface area (Å²) in [4.78, 5) is 12.1. The van der Waals surface area contributed by atoms with Crippen molar-refractivity contribution in [3.05, 3.63) is 53.1 Å². The largest absolute Gasteiger partial charge is 0.504 e. The number of hydrogen-bond acceptors (Lipinski definition) is 4. The molecule has 0 saturated heterocycles.